The monoisotopic (exact) mass is 537 g/mol. The van der Waals surface area contributed by atoms with Gasteiger partial charge in [-0.05, 0) is 51.5 Å². The van der Waals surface area contributed by atoms with Gasteiger partial charge in [-0.1, -0.05) is 37.6 Å². The maximum Gasteiger partial charge on any atom is 0.249 e. The number of fused-ring (bicyclic) bond motifs is 2. The van der Waals surface area contributed by atoms with E-state index in [9.17, 15) is 19.5 Å². The lowest BCUT2D eigenvalue weighted by Crippen LogP contribution is -2.57. The molecule has 3 amide bonds. The van der Waals surface area contributed by atoms with Crippen LogP contribution in [0, 0.1) is 11.8 Å². The van der Waals surface area contributed by atoms with E-state index < -0.39 is 29.1 Å². The van der Waals surface area contributed by atoms with Crippen molar-refractivity contribution in [3.8, 4) is 5.75 Å². The van der Waals surface area contributed by atoms with Gasteiger partial charge in [0.2, 0.25) is 17.7 Å². The fourth-order valence-corrected chi connectivity index (χ4v) is 6.98. The first-order chi connectivity index (χ1) is 18.7. The molecule has 4 aliphatic rings. The van der Waals surface area contributed by atoms with E-state index in [1.54, 1.807) is 9.80 Å². The van der Waals surface area contributed by atoms with Crippen LogP contribution < -0.4 is 9.64 Å². The highest BCUT2D eigenvalue weighted by Crippen LogP contribution is 2.57. The Hall–Kier alpha value is -3.17. The summed E-state index contributed by atoms with van der Waals surface area (Å²) in [4.78, 5) is 47.5. The summed E-state index contributed by atoms with van der Waals surface area (Å²) in [6, 6.07) is 6.35. The van der Waals surface area contributed by atoms with Gasteiger partial charge >= 0.3 is 0 Å². The van der Waals surface area contributed by atoms with Crippen molar-refractivity contribution in [3.05, 3.63) is 48.6 Å². The van der Waals surface area contributed by atoms with Gasteiger partial charge in [-0.3, -0.25) is 14.4 Å². The van der Waals surface area contributed by atoms with E-state index in [2.05, 4.69) is 6.92 Å². The Balaban J connectivity index is 1.57. The molecule has 0 bridgehead atoms. The average Bonchev–Trinajstić information content (AvgIpc) is 3.16. The molecule has 0 aromatic heterocycles. The number of carbonyl (C=O) groups excluding carboxylic acids is 3. The van der Waals surface area contributed by atoms with E-state index in [0.717, 1.165) is 12.8 Å². The van der Waals surface area contributed by atoms with Gasteiger partial charge in [-0.2, -0.15) is 0 Å². The second-order valence-electron chi connectivity index (χ2n) is 11.1. The summed E-state index contributed by atoms with van der Waals surface area (Å²) >= 11 is 0. The Labute approximate surface area is 230 Å². The van der Waals surface area contributed by atoms with Gasteiger partial charge in [0.1, 0.15) is 17.4 Å². The van der Waals surface area contributed by atoms with Crippen molar-refractivity contribution in [3.63, 3.8) is 0 Å². The lowest BCUT2D eigenvalue weighted by Gasteiger charge is -2.38. The Morgan fingerprint density at radius 1 is 1.03 bits per heavy atom. The summed E-state index contributed by atoms with van der Waals surface area (Å²) in [5.41, 5.74) is -1.71. The SMILES string of the molecule is CCCC(C)N1CC=C[C@]23O[C@@]4(C)C=CCN(c5ccc(OCC)cc5)C(=O)[C@H]4[C@H]2C(=O)N(CCO)C3C1=O. The van der Waals surface area contributed by atoms with Crippen LogP contribution in [0.15, 0.2) is 48.6 Å². The molecule has 0 saturated carbocycles. The zero-order valence-corrected chi connectivity index (χ0v) is 23.2. The van der Waals surface area contributed by atoms with Crippen molar-refractivity contribution in [1.82, 2.24) is 9.80 Å². The highest BCUT2D eigenvalue weighted by molar-refractivity contribution is 6.04. The first kappa shape index (κ1) is 27.4. The van der Waals surface area contributed by atoms with Crippen molar-refractivity contribution in [2.75, 3.05) is 37.7 Å². The molecule has 4 aliphatic heterocycles. The quantitative estimate of drug-likeness (QED) is 0.512. The Morgan fingerprint density at radius 3 is 2.41 bits per heavy atom. The van der Waals surface area contributed by atoms with Gasteiger partial charge in [0.05, 0.1) is 30.7 Å². The summed E-state index contributed by atoms with van der Waals surface area (Å²) in [6.07, 6.45) is 9.27. The number of β-amino-alcohol motifs (C(OH)–C–C–N with tert-alkyl or cyclic N) is 1. The number of hydrogen-bond acceptors (Lipinski definition) is 6. The van der Waals surface area contributed by atoms with Crippen LogP contribution in [0.3, 0.4) is 0 Å². The maximum absolute atomic E-state index is 14.3. The number of ether oxygens (including phenoxy) is 2. The summed E-state index contributed by atoms with van der Waals surface area (Å²) in [6.45, 7) is 8.82. The molecule has 1 aromatic rings. The summed E-state index contributed by atoms with van der Waals surface area (Å²) in [5.74, 6) is -1.80. The summed E-state index contributed by atoms with van der Waals surface area (Å²) in [7, 11) is 0. The van der Waals surface area contributed by atoms with Gasteiger partial charge in [-0.15, -0.1) is 0 Å². The standard InChI is InChI=1S/C30H39N3O6/c1-5-9-20(3)31-16-8-15-30-24(27(36)33(18-19-34)25(30)28(31)37)23-26(35)32(17-7-14-29(23,4)39-30)21-10-12-22(13-11-21)38-6-2/h7-8,10-15,20,23-25,34H,5-6,9,16-19H2,1-4H3/t20?,23-,24+,25?,29+,30+/m1/s1. The lowest BCUT2D eigenvalue weighted by atomic mass is 9.74. The normalized spacial score (nSPS) is 32.6. The third-order valence-electron chi connectivity index (χ3n) is 8.63. The molecule has 9 nitrogen and oxygen atoms in total. The molecular formula is C30H39N3O6. The van der Waals surface area contributed by atoms with Crippen molar-refractivity contribution < 1.29 is 29.0 Å². The molecule has 0 radical (unpaired) electrons. The number of benzene rings is 1. The fourth-order valence-electron chi connectivity index (χ4n) is 6.98. The van der Waals surface area contributed by atoms with E-state index in [4.69, 9.17) is 9.47 Å². The number of likely N-dealkylation sites (tertiary alicyclic amines) is 1. The molecule has 5 rings (SSSR count). The van der Waals surface area contributed by atoms with Crippen LogP contribution in [0.25, 0.3) is 0 Å². The molecule has 1 N–H and O–H groups in total. The molecule has 6 atom stereocenters. The van der Waals surface area contributed by atoms with Crippen molar-refractivity contribution >= 4 is 23.4 Å². The van der Waals surface area contributed by atoms with Crippen molar-refractivity contribution in [1.29, 1.82) is 0 Å². The van der Waals surface area contributed by atoms with Crippen molar-refractivity contribution in [2.45, 2.75) is 63.8 Å². The lowest BCUT2D eigenvalue weighted by molar-refractivity contribution is -0.152. The number of aliphatic hydroxyl groups excluding tert-OH is 1. The maximum atomic E-state index is 14.3. The first-order valence-corrected chi connectivity index (χ1v) is 14.0. The molecule has 1 aromatic carbocycles. The van der Waals surface area contributed by atoms with Crippen LogP contribution in [0.4, 0.5) is 5.69 Å². The predicted octanol–water partition coefficient (Wildman–Crippen LogP) is 2.54. The zero-order valence-electron chi connectivity index (χ0n) is 23.2. The molecule has 2 saturated heterocycles. The highest BCUT2D eigenvalue weighted by atomic mass is 16.5. The van der Waals surface area contributed by atoms with E-state index in [-0.39, 0.29) is 36.9 Å². The number of nitrogens with zero attached hydrogens (tertiary/aromatic N) is 3. The number of carbonyl (C=O) groups is 3. The number of hydrogen-bond donors (Lipinski definition) is 1. The molecule has 39 heavy (non-hydrogen) atoms. The first-order valence-electron chi connectivity index (χ1n) is 14.0. The van der Waals surface area contributed by atoms with E-state index in [1.807, 2.05) is 69.3 Å². The molecule has 4 heterocycles. The van der Waals surface area contributed by atoms with Crippen molar-refractivity contribution in [2.24, 2.45) is 11.8 Å². The Morgan fingerprint density at radius 2 is 1.74 bits per heavy atom. The molecule has 2 unspecified atom stereocenters. The van der Waals surface area contributed by atoms with E-state index in [0.29, 0.717) is 31.1 Å². The number of amides is 3. The predicted molar refractivity (Wildman–Crippen MR) is 146 cm³/mol. The topological polar surface area (TPSA) is 99.6 Å². The van der Waals surface area contributed by atoms with Gasteiger partial charge in [0.25, 0.3) is 0 Å². The minimum absolute atomic E-state index is 0.00322. The minimum atomic E-state index is -1.31. The van der Waals surface area contributed by atoms with E-state index >= 15 is 0 Å². The molecule has 9 heteroatoms. The largest absolute Gasteiger partial charge is 0.494 e. The molecule has 0 aliphatic carbocycles. The summed E-state index contributed by atoms with van der Waals surface area (Å²) < 4.78 is 12.4. The third-order valence-corrected chi connectivity index (χ3v) is 8.63. The van der Waals surface area contributed by atoms with Gasteiger partial charge in [-0.25, -0.2) is 0 Å². The number of rotatable bonds is 8. The average molecular weight is 538 g/mol. The third kappa shape index (κ3) is 4.26. The smallest absolute Gasteiger partial charge is 0.249 e. The van der Waals surface area contributed by atoms with Crippen LogP contribution in [-0.2, 0) is 19.1 Å². The molecule has 210 valence electrons. The highest BCUT2D eigenvalue weighted by Gasteiger charge is 2.74. The van der Waals surface area contributed by atoms with Crippen LogP contribution in [0.1, 0.15) is 40.5 Å². The fraction of sp³-hybridized carbons (Fsp3) is 0.567. The molecule has 1 spiro atoms. The summed E-state index contributed by atoms with van der Waals surface area (Å²) in [5, 5.41) is 9.87. The van der Waals surface area contributed by atoms with E-state index in [1.165, 1.54) is 4.90 Å². The second-order valence-corrected chi connectivity index (χ2v) is 11.1. The van der Waals surface area contributed by atoms with Crippen LogP contribution in [-0.4, -0.2) is 88.8 Å². The van der Waals surface area contributed by atoms with Gasteiger partial charge in [0, 0.05) is 31.4 Å². The Bertz CT molecular complexity index is 1180. The van der Waals surface area contributed by atoms with Gasteiger partial charge in [0.15, 0.2) is 0 Å². The van der Waals surface area contributed by atoms with Gasteiger partial charge < -0.3 is 29.3 Å². The van der Waals surface area contributed by atoms with Crippen LogP contribution in [0.2, 0.25) is 0 Å². The zero-order chi connectivity index (χ0) is 27.9. The minimum Gasteiger partial charge on any atom is -0.494 e. The van der Waals surface area contributed by atoms with Crippen LogP contribution in [0.5, 0.6) is 5.75 Å². The molecular weight excluding hydrogens is 498 g/mol. The second kappa shape index (κ2) is 10.4. The molecule has 2 fully saturated rings. The number of aliphatic hydroxyl groups is 1. The Kier molecular flexibility index (Phi) is 7.33. The van der Waals surface area contributed by atoms with Crippen LogP contribution >= 0.6 is 0 Å². The number of anilines is 1.